The van der Waals surface area contributed by atoms with E-state index < -0.39 is 12.0 Å². The lowest BCUT2D eigenvalue weighted by Gasteiger charge is -1.96. The van der Waals surface area contributed by atoms with Gasteiger partial charge in [0.25, 0.3) is 11.8 Å². The predicted octanol–water partition coefficient (Wildman–Crippen LogP) is 4.58. The molecular weight excluding hydrogens is 372 g/mol. The Morgan fingerprint density at radius 1 is 1.00 bits per heavy atom. The number of hydrogen-bond acceptors (Lipinski definition) is 6. The van der Waals surface area contributed by atoms with Crippen LogP contribution in [0.25, 0.3) is 29.9 Å². The highest BCUT2D eigenvalue weighted by atomic mass is 16.6. The van der Waals surface area contributed by atoms with Crippen LogP contribution in [0.5, 0.6) is 0 Å². The Kier molecular flexibility index (Phi) is 4.94. The number of cyclic esters (lactones) is 1. The molecule has 0 atom stereocenters. The Hall–Kier alpha value is -4.13. The molecule has 1 aromatic carbocycles. The normalized spacial score (nSPS) is 15.6. The van der Waals surface area contributed by atoms with Crippen LogP contribution in [0.4, 0.5) is 4.79 Å². The molecular formula is C22H16N2O5. The van der Waals surface area contributed by atoms with Crippen LogP contribution >= 0.6 is 0 Å². The molecule has 1 aliphatic rings. The summed E-state index contributed by atoms with van der Waals surface area (Å²) in [5.74, 6) is 1.17. The Morgan fingerprint density at radius 3 is 2.41 bits per heavy atom. The van der Waals surface area contributed by atoms with Gasteiger partial charge in [-0.15, -0.1) is 0 Å². The molecule has 0 unspecified atom stereocenters. The average Bonchev–Trinajstić information content (AvgIpc) is 3.42. The quantitative estimate of drug-likeness (QED) is 0.643. The third-order valence-electron chi connectivity index (χ3n) is 4.11. The topological polar surface area (TPSA) is 94.6 Å². The van der Waals surface area contributed by atoms with Crippen LogP contribution in [0.1, 0.15) is 22.6 Å². The van der Waals surface area contributed by atoms with Gasteiger partial charge in [-0.1, -0.05) is 42.5 Å². The highest BCUT2D eigenvalue weighted by molar-refractivity contribution is 6.07. The van der Waals surface area contributed by atoms with Gasteiger partial charge < -0.3 is 13.6 Å². The van der Waals surface area contributed by atoms with Gasteiger partial charge in [-0.3, -0.25) is 10.1 Å². The number of furan rings is 1. The number of allylic oxidation sites excluding steroid dienone is 2. The van der Waals surface area contributed by atoms with Gasteiger partial charge in [0.1, 0.15) is 11.5 Å². The van der Waals surface area contributed by atoms with Crippen molar-refractivity contribution < 1.29 is 23.2 Å². The average molecular weight is 388 g/mol. The number of benzene rings is 1. The van der Waals surface area contributed by atoms with E-state index >= 15 is 0 Å². The standard InChI is InChI=1S/C22H16N2O5/c1-14-17(23-21(28-14)19-6-3-13-27-19)12-11-16-9-7-15(8-10-16)4-2-5-18-20(25)24-22(26)29-18/h2-13H,1H3,(H,24,25,26)/b4-2?,12-11+,18-5?. The Morgan fingerprint density at radius 2 is 1.76 bits per heavy atom. The number of carbonyl (C=O) groups excluding carboxylic acids is 2. The number of carbonyl (C=O) groups is 2. The van der Waals surface area contributed by atoms with Gasteiger partial charge in [0.2, 0.25) is 0 Å². The third-order valence-corrected chi connectivity index (χ3v) is 4.11. The van der Waals surface area contributed by atoms with Crippen LogP contribution in [0, 0.1) is 6.92 Å². The lowest BCUT2D eigenvalue weighted by atomic mass is 10.1. The zero-order chi connectivity index (χ0) is 20.2. The molecule has 7 heteroatoms. The second kappa shape index (κ2) is 7.85. The van der Waals surface area contributed by atoms with Gasteiger partial charge >= 0.3 is 6.09 Å². The summed E-state index contributed by atoms with van der Waals surface area (Å²) < 4.78 is 15.7. The number of aryl methyl sites for hydroxylation is 1. The Balaban J connectivity index is 1.42. The van der Waals surface area contributed by atoms with Crippen molar-refractivity contribution in [3.8, 4) is 11.7 Å². The molecule has 0 bridgehead atoms. The van der Waals surface area contributed by atoms with E-state index in [9.17, 15) is 9.59 Å². The monoisotopic (exact) mass is 388 g/mol. The Labute approximate surface area is 166 Å². The van der Waals surface area contributed by atoms with E-state index in [0.29, 0.717) is 17.4 Å². The van der Waals surface area contributed by atoms with Crippen molar-refractivity contribution in [1.82, 2.24) is 10.3 Å². The van der Waals surface area contributed by atoms with E-state index in [1.54, 1.807) is 30.5 Å². The van der Waals surface area contributed by atoms with E-state index in [4.69, 9.17) is 13.6 Å². The lowest BCUT2D eigenvalue weighted by molar-refractivity contribution is -0.116. The molecule has 3 heterocycles. The van der Waals surface area contributed by atoms with Crippen LogP contribution in [-0.2, 0) is 9.53 Å². The van der Waals surface area contributed by atoms with Gasteiger partial charge in [-0.05, 0) is 42.3 Å². The molecule has 3 aromatic rings. The number of aromatic nitrogens is 1. The molecule has 29 heavy (non-hydrogen) atoms. The summed E-state index contributed by atoms with van der Waals surface area (Å²) in [6.45, 7) is 1.85. The highest BCUT2D eigenvalue weighted by Crippen LogP contribution is 2.23. The number of ether oxygens (including phenoxy) is 1. The molecule has 144 valence electrons. The van der Waals surface area contributed by atoms with Crippen molar-refractivity contribution in [1.29, 1.82) is 0 Å². The van der Waals surface area contributed by atoms with Crippen molar-refractivity contribution >= 4 is 30.2 Å². The summed E-state index contributed by atoms with van der Waals surface area (Å²) in [6.07, 6.45) is 9.53. The lowest BCUT2D eigenvalue weighted by Crippen LogP contribution is -2.18. The SMILES string of the molecule is Cc1oc(-c2ccco2)nc1/C=C/c1ccc(C=CC=C2OC(=O)NC2=O)cc1. The first kappa shape index (κ1) is 18.2. The number of amides is 2. The van der Waals surface area contributed by atoms with Crippen molar-refractivity contribution in [3.05, 3.63) is 83.2 Å². The molecule has 1 fully saturated rings. The molecule has 4 rings (SSSR count). The first-order valence-electron chi connectivity index (χ1n) is 8.79. The van der Waals surface area contributed by atoms with E-state index in [1.807, 2.05) is 48.7 Å². The van der Waals surface area contributed by atoms with E-state index in [-0.39, 0.29) is 5.76 Å². The van der Waals surface area contributed by atoms with Gasteiger partial charge in [-0.25, -0.2) is 9.78 Å². The maximum Gasteiger partial charge on any atom is 0.419 e. The molecule has 0 radical (unpaired) electrons. The van der Waals surface area contributed by atoms with Crippen LogP contribution in [0.15, 0.2) is 69.4 Å². The van der Waals surface area contributed by atoms with Crippen molar-refractivity contribution in [2.24, 2.45) is 0 Å². The fraction of sp³-hybridized carbons (Fsp3) is 0.0455. The maximum absolute atomic E-state index is 11.4. The van der Waals surface area contributed by atoms with Crippen LogP contribution in [0.2, 0.25) is 0 Å². The first-order valence-corrected chi connectivity index (χ1v) is 8.79. The number of imide groups is 1. The minimum absolute atomic E-state index is 0.0253. The zero-order valence-corrected chi connectivity index (χ0v) is 15.4. The number of nitrogens with zero attached hydrogens (tertiary/aromatic N) is 1. The number of oxazole rings is 1. The second-order valence-electron chi connectivity index (χ2n) is 6.17. The van der Waals surface area contributed by atoms with Crippen molar-refractivity contribution in [2.75, 3.05) is 0 Å². The fourth-order valence-corrected chi connectivity index (χ4v) is 2.64. The molecule has 7 nitrogen and oxygen atoms in total. The summed E-state index contributed by atoms with van der Waals surface area (Å²) in [4.78, 5) is 26.8. The summed E-state index contributed by atoms with van der Waals surface area (Å²) in [5, 5.41) is 2.04. The summed E-state index contributed by atoms with van der Waals surface area (Å²) in [6, 6.07) is 11.3. The molecule has 2 amide bonds. The van der Waals surface area contributed by atoms with Crippen LogP contribution in [-0.4, -0.2) is 17.0 Å². The Bertz CT molecular complexity index is 1130. The number of alkyl carbamates (subject to hydrolysis) is 1. The van der Waals surface area contributed by atoms with Gasteiger partial charge in [0, 0.05) is 0 Å². The highest BCUT2D eigenvalue weighted by Gasteiger charge is 2.25. The number of rotatable bonds is 5. The predicted molar refractivity (Wildman–Crippen MR) is 106 cm³/mol. The molecule has 0 aliphatic carbocycles. The van der Waals surface area contributed by atoms with Gasteiger partial charge in [-0.2, -0.15) is 0 Å². The van der Waals surface area contributed by atoms with E-state index in [2.05, 4.69) is 4.98 Å². The summed E-state index contributed by atoms with van der Waals surface area (Å²) in [5.41, 5.74) is 2.66. The van der Waals surface area contributed by atoms with Crippen LogP contribution < -0.4 is 5.32 Å². The fourth-order valence-electron chi connectivity index (χ4n) is 2.64. The van der Waals surface area contributed by atoms with Gasteiger partial charge in [0.15, 0.2) is 11.5 Å². The minimum atomic E-state index is -0.760. The molecule has 1 aliphatic heterocycles. The summed E-state index contributed by atoms with van der Waals surface area (Å²) >= 11 is 0. The van der Waals surface area contributed by atoms with E-state index in [0.717, 1.165) is 16.8 Å². The molecule has 0 saturated carbocycles. The molecule has 0 spiro atoms. The third kappa shape index (κ3) is 4.24. The first-order chi connectivity index (χ1) is 14.1. The smallest absolute Gasteiger partial charge is 0.419 e. The molecule has 2 aromatic heterocycles. The largest absolute Gasteiger partial charge is 0.459 e. The molecule has 1 N–H and O–H groups in total. The number of hydrogen-bond donors (Lipinski definition) is 1. The van der Waals surface area contributed by atoms with Crippen molar-refractivity contribution in [2.45, 2.75) is 6.92 Å². The van der Waals surface area contributed by atoms with Gasteiger partial charge in [0.05, 0.1) is 6.26 Å². The van der Waals surface area contributed by atoms with Crippen LogP contribution in [0.3, 0.4) is 0 Å². The summed E-state index contributed by atoms with van der Waals surface area (Å²) in [7, 11) is 0. The van der Waals surface area contributed by atoms with Crippen molar-refractivity contribution in [3.63, 3.8) is 0 Å². The maximum atomic E-state index is 11.4. The second-order valence-corrected chi connectivity index (χ2v) is 6.17. The molecule has 1 saturated heterocycles. The van der Waals surface area contributed by atoms with E-state index in [1.165, 1.54) is 6.08 Å². The zero-order valence-electron chi connectivity index (χ0n) is 15.4. The minimum Gasteiger partial charge on any atom is -0.459 e. The number of nitrogens with one attached hydrogen (secondary N) is 1.